The van der Waals surface area contributed by atoms with Gasteiger partial charge in [0.2, 0.25) is 5.79 Å². The predicted octanol–water partition coefficient (Wildman–Crippen LogP) is -11.9. The highest BCUT2D eigenvalue weighted by Gasteiger charge is 2.59. The van der Waals surface area contributed by atoms with Crippen molar-refractivity contribution in [2.75, 3.05) is 39.6 Å². The van der Waals surface area contributed by atoms with E-state index in [0.29, 0.717) is 0 Å². The zero-order valence-electron chi connectivity index (χ0n) is 29.3. The van der Waals surface area contributed by atoms with Crippen molar-refractivity contribution in [3.05, 3.63) is 0 Å². The minimum Gasteiger partial charge on any atom is -0.394 e. The number of ether oxygens (including phenoxy) is 9. The van der Waals surface area contributed by atoms with Crippen molar-refractivity contribution >= 4 is 0 Å². The minimum absolute atomic E-state index is 0.677. The molecule has 0 radical (unpaired) electrons. The number of hydrogen-bond donors (Lipinski definition) is 17. The maximum Gasteiger partial charge on any atom is 0.224 e. The molecule has 0 saturated carbocycles. The standard InChI is InChI=1S/C30H52O26/c31-1-7-12(34)17(39)21(43)26(51-7)48-3-9-13(35)18(40)22(44)27(52-9)49-4-10-14(36)19(41)23(45)28(53-10)50-5-11-15(37)20(42)24(46)29(54-11)56-30(6-33)25(47)16(38)8(2-32)55-30/h7-29,31-47H,1-6H2/t7-,8+,9-,10-,11+,12-,13-,14-,15-,16-,17-,18-,19-,20-,21+,22+,23-,24+,25+,26-,27-,28-,29+,30-/m0/s1. The van der Waals surface area contributed by atoms with Crippen molar-refractivity contribution in [2.24, 2.45) is 0 Å². The van der Waals surface area contributed by atoms with Crippen LogP contribution >= 0.6 is 0 Å². The van der Waals surface area contributed by atoms with Crippen LogP contribution in [0.25, 0.3) is 0 Å². The van der Waals surface area contributed by atoms with Crippen LogP contribution in [0.4, 0.5) is 0 Å². The highest BCUT2D eigenvalue weighted by Crippen LogP contribution is 2.36. The molecule has 0 unspecified atom stereocenters. The summed E-state index contributed by atoms with van der Waals surface area (Å²) in [5, 5.41) is 174. The molecular weight excluding hydrogens is 776 g/mol. The van der Waals surface area contributed by atoms with E-state index in [1.807, 2.05) is 0 Å². The van der Waals surface area contributed by atoms with E-state index >= 15 is 0 Å². The van der Waals surface area contributed by atoms with Gasteiger partial charge >= 0.3 is 0 Å². The van der Waals surface area contributed by atoms with Crippen molar-refractivity contribution < 1.29 is 129 Å². The summed E-state index contributed by atoms with van der Waals surface area (Å²) in [5.41, 5.74) is 0. The summed E-state index contributed by atoms with van der Waals surface area (Å²) in [6, 6.07) is 0. The lowest BCUT2D eigenvalue weighted by Gasteiger charge is -2.45. The normalized spacial score (nSPS) is 53.0. The molecule has 0 aromatic heterocycles. The Morgan fingerprint density at radius 1 is 0.357 bits per heavy atom. The van der Waals surface area contributed by atoms with Crippen LogP contribution in [0.5, 0.6) is 0 Å². The third kappa shape index (κ3) is 9.16. The molecule has 5 fully saturated rings. The van der Waals surface area contributed by atoms with Gasteiger partial charge in [0, 0.05) is 0 Å². The van der Waals surface area contributed by atoms with E-state index in [2.05, 4.69) is 0 Å². The van der Waals surface area contributed by atoms with E-state index in [1.54, 1.807) is 0 Å². The molecule has 26 heteroatoms. The van der Waals surface area contributed by atoms with Gasteiger partial charge in [0.15, 0.2) is 25.2 Å². The molecule has 26 nitrogen and oxygen atoms in total. The van der Waals surface area contributed by atoms with Crippen LogP contribution in [0, 0.1) is 0 Å². The zero-order chi connectivity index (χ0) is 41.4. The lowest BCUT2D eigenvalue weighted by Crippen LogP contribution is -2.64. The quantitative estimate of drug-likeness (QED) is 0.0773. The molecule has 56 heavy (non-hydrogen) atoms. The topological polar surface area (TPSA) is 427 Å². The summed E-state index contributed by atoms with van der Waals surface area (Å²) in [4.78, 5) is 0. The van der Waals surface area contributed by atoms with Crippen molar-refractivity contribution in [1.29, 1.82) is 0 Å². The third-order valence-corrected chi connectivity index (χ3v) is 10.4. The summed E-state index contributed by atoms with van der Waals surface area (Å²) in [5.74, 6) is -2.47. The summed E-state index contributed by atoms with van der Waals surface area (Å²) < 4.78 is 48.8. The largest absolute Gasteiger partial charge is 0.394 e. The fourth-order valence-electron chi connectivity index (χ4n) is 6.78. The van der Waals surface area contributed by atoms with Crippen LogP contribution in [0.1, 0.15) is 0 Å². The molecule has 5 aliphatic rings. The van der Waals surface area contributed by atoms with E-state index in [-0.39, 0.29) is 0 Å². The van der Waals surface area contributed by atoms with E-state index < -0.39 is 187 Å². The molecule has 5 aliphatic heterocycles. The van der Waals surface area contributed by atoms with Gasteiger partial charge < -0.3 is 129 Å². The predicted molar refractivity (Wildman–Crippen MR) is 167 cm³/mol. The van der Waals surface area contributed by atoms with Gasteiger partial charge in [-0.25, -0.2) is 0 Å². The molecule has 0 aliphatic carbocycles. The minimum atomic E-state index is -2.47. The van der Waals surface area contributed by atoms with Gasteiger partial charge in [-0.3, -0.25) is 0 Å². The average molecular weight is 829 g/mol. The second-order valence-corrected chi connectivity index (χ2v) is 14.1. The van der Waals surface area contributed by atoms with Crippen LogP contribution in [0.2, 0.25) is 0 Å². The Hall–Kier alpha value is -1.04. The second-order valence-electron chi connectivity index (χ2n) is 14.1. The van der Waals surface area contributed by atoms with Crippen LogP contribution in [0.15, 0.2) is 0 Å². The van der Waals surface area contributed by atoms with Gasteiger partial charge in [-0.15, -0.1) is 0 Å². The van der Waals surface area contributed by atoms with Crippen LogP contribution < -0.4 is 0 Å². The van der Waals surface area contributed by atoms with Crippen LogP contribution in [-0.2, 0) is 42.6 Å². The smallest absolute Gasteiger partial charge is 0.224 e. The summed E-state index contributed by atoms with van der Waals surface area (Å²) in [6.45, 7) is -4.94. The second kappa shape index (κ2) is 19.1. The van der Waals surface area contributed by atoms with Gasteiger partial charge in [0.1, 0.15) is 123 Å². The first-order valence-electron chi connectivity index (χ1n) is 17.6. The monoisotopic (exact) mass is 828 g/mol. The number of aliphatic hydroxyl groups is 17. The Morgan fingerprint density at radius 2 is 0.679 bits per heavy atom. The molecule has 5 saturated heterocycles. The Labute approximate surface area is 316 Å². The SMILES string of the molecule is OC[C@@H]1O[C@H](OC[C@@H]2O[C@H](OC[C@@H]3O[C@H](OC[C@H]4O[C@H](O[C@]5(CO)O[C@H](CO)[C@H](O)[C@H]5O)[C@H](O)[C@@H](O)[C@H]4O)[C@@H](O)[C@@H](O)[C@H]3O)[C@H](O)[C@@H](O)[C@H]2O)[C@H](O)[C@@H](O)[C@H]1O. The molecule has 5 rings (SSSR count). The number of hydrogen-bond acceptors (Lipinski definition) is 26. The van der Waals surface area contributed by atoms with Crippen molar-refractivity contribution in [2.45, 2.75) is 147 Å². The molecule has 0 aromatic carbocycles. The molecule has 5 heterocycles. The van der Waals surface area contributed by atoms with Crippen molar-refractivity contribution in [3.63, 3.8) is 0 Å². The average Bonchev–Trinajstić information content (AvgIpc) is 3.43. The van der Waals surface area contributed by atoms with E-state index in [1.165, 1.54) is 0 Å². The maximum atomic E-state index is 10.6. The molecule has 0 bridgehead atoms. The molecule has 17 N–H and O–H groups in total. The fourth-order valence-corrected chi connectivity index (χ4v) is 6.78. The van der Waals surface area contributed by atoms with Gasteiger partial charge in [-0.1, -0.05) is 0 Å². The molecule has 0 aromatic rings. The third-order valence-electron chi connectivity index (χ3n) is 10.4. The van der Waals surface area contributed by atoms with E-state index in [9.17, 15) is 86.8 Å². The van der Waals surface area contributed by atoms with Gasteiger partial charge in [0.25, 0.3) is 0 Å². The fraction of sp³-hybridized carbons (Fsp3) is 1.00. The Morgan fingerprint density at radius 3 is 1.02 bits per heavy atom. The van der Waals surface area contributed by atoms with Crippen LogP contribution in [0.3, 0.4) is 0 Å². The molecule has 0 amide bonds. The number of aliphatic hydroxyl groups excluding tert-OH is 17. The van der Waals surface area contributed by atoms with Crippen LogP contribution in [-0.4, -0.2) is 273 Å². The first-order chi connectivity index (χ1) is 26.4. The van der Waals surface area contributed by atoms with Crippen molar-refractivity contribution in [1.82, 2.24) is 0 Å². The first kappa shape index (κ1) is 46.0. The van der Waals surface area contributed by atoms with Gasteiger partial charge in [0.05, 0.1) is 33.0 Å². The van der Waals surface area contributed by atoms with Gasteiger partial charge in [-0.2, -0.15) is 0 Å². The van der Waals surface area contributed by atoms with E-state index in [0.717, 1.165) is 0 Å². The van der Waals surface area contributed by atoms with E-state index in [4.69, 9.17) is 42.6 Å². The molecule has 0 spiro atoms. The Bertz CT molecular complexity index is 1220. The lowest BCUT2D eigenvalue weighted by atomic mass is 9.97. The Balaban J connectivity index is 1.18. The highest BCUT2D eigenvalue weighted by atomic mass is 16.8. The van der Waals surface area contributed by atoms with Crippen molar-refractivity contribution in [3.8, 4) is 0 Å². The summed E-state index contributed by atoms with van der Waals surface area (Å²) >= 11 is 0. The molecular formula is C30H52O26. The molecule has 328 valence electrons. The molecule has 24 atom stereocenters. The highest BCUT2D eigenvalue weighted by molar-refractivity contribution is 4.99. The summed E-state index contributed by atoms with van der Waals surface area (Å²) in [6.07, 6.45) is -41.3. The lowest BCUT2D eigenvalue weighted by molar-refractivity contribution is -0.388. The number of rotatable bonds is 14. The Kier molecular flexibility index (Phi) is 15.7. The summed E-state index contributed by atoms with van der Waals surface area (Å²) in [7, 11) is 0. The first-order valence-corrected chi connectivity index (χ1v) is 17.6. The van der Waals surface area contributed by atoms with Gasteiger partial charge in [-0.05, 0) is 0 Å². The zero-order valence-corrected chi connectivity index (χ0v) is 29.3. The maximum absolute atomic E-state index is 10.6.